The monoisotopic (exact) mass is 186 g/mol. The zero-order valence-electron chi connectivity index (χ0n) is 8.43. The molecule has 13 heavy (non-hydrogen) atoms. The molecule has 1 rings (SSSR count). The van der Waals surface area contributed by atoms with Gasteiger partial charge in [0, 0.05) is 13.2 Å². The molecule has 0 aliphatic carbocycles. The predicted molar refractivity (Wildman–Crippen MR) is 54.7 cm³/mol. The molecule has 0 saturated carbocycles. The van der Waals surface area contributed by atoms with Gasteiger partial charge in [0.25, 0.3) is 0 Å². The maximum atomic E-state index is 5.40. The van der Waals surface area contributed by atoms with Crippen LogP contribution >= 0.6 is 0 Å². The fourth-order valence-corrected chi connectivity index (χ4v) is 1.69. The molecule has 1 aliphatic heterocycles. The highest BCUT2D eigenvalue weighted by Crippen LogP contribution is 2.17. The molecule has 0 aromatic heterocycles. The van der Waals surface area contributed by atoms with Gasteiger partial charge in [-0.3, -0.25) is 0 Å². The lowest BCUT2D eigenvalue weighted by Crippen LogP contribution is -2.24. The van der Waals surface area contributed by atoms with Crippen LogP contribution < -0.4 is 11.1 Å². The van der Waals surface area contributed by atoms with E-state index < -0.39 is 0 Å². The largest absolute Gasteiger partial charge is 0.381 e. The van der Waals surface area contributed by atoms with Crippen LogP contribution in [-0.4, -0.2) is 32.8 Å². The minimum absolute atomic E-state index is 0.796. The Bertz CT molecular complexity index is 113. The predicted octanol–water partition coefficient (Wildman–Crippen LogP) is 0.741. The quantitative estimate of drug-likeness (QED) is 0.602. The first-order valence-corrected chi connectivity index (χ1v) is 5.42. The van der Waals surface area contributed by atoms with E-state index in [1.807, 2.05) is 0 Å². The molecule has 0 radical (unpaired) electrons. The average Bonchev–Trinajstić information content (AvgIpc) is 2.19. The van der Waals surface area contributed by atoms with Gasteiger partial charge in [0.05, 0.1) is 0 Å². The average molecular weight is 186 g/mol. The van der Waals surface area contributed by atoms with Crippen molar-refractivity contribution in [1.82, 2.24) is 5.32 Å². The Morgan fingerprint density at radius 3 is 2.69 bits per heavy atom. The molecular weight excluding hydrogens is 164 g/mol. The normalized spacial score (nSPS) is 19.2. The highest BCUT2D eigenvalue weighted by atomic mass is 16.5. The smallest absolute Gasteiger partial charge is 0.0468 e. The third-order valence-corrected chi connectivity index (χ3v) is 2.63. The van der Waals surface area contributed by atoms with Crippen LogP contribution in [0.2, 0.25) is 0 Å². The lowest BCUT2D eigenvalue weighted by Gasteiger charge is -2.21. The molecule has 78 valence electrons. The van der Waals surface area contributed by atoms with Crippen LogP contribution in [0.15, 0.2) is 0 Å². The molecule has 1 fully saturated rings. The Labute approximate surface area is 81.0 Å². The number of ether oxygens (including phenoxy) is 1. The first kappa shape index (κ1) is 11.0. The number of nitrogens with two attached hydrogens (primary N) is 1. The first-order valence-electron chi connectivity index (χ1n) is 5.42. The third-order valence-electron chi connectivity index (χ3n) is 2.63. The van der Waals surface area contributed by atoms with Crippen LogP contribution in [-0.2, 0) is 4.74 Å². The summed E-state index contributed by atoms with van der Waals surface area (Å²) >= 11 is 0. The molecule has 3 heteroatoms. The van der Waals surface area contributed by atoms with E-state index >= 15 is 0 Å². The topological polar surface area (TPSA) is 47.3 Å². The van der Waals surface area contributed by atoms with Gasteiger partial charge < -0.3 is 15.8 Å². The summed E-state index contributed by atoms with van der Waals surface area (Å²) in [6.45, 7) is 4.94. The standard InChI is InChI=1S/C10H22N2O/c11-5-1-6-12-7-2-10-3-8-13-9-4-10/h10,12H,1-9,11H2. The summed E-state index contributed by atoms with van der Waals surface area (Å²) in [4.78, 5) is 0. The molecule has 0 bridgehead atoms. The van der Waals surface area contributed by atoms with Crippen molar-refractivity contribution in [2.24, 2.45) is 11.7 Å². The molecule has 0 aromatic rings. The van der Waals surface area contributed by atoms with E-state index in [2.05, 4.69) is 5.32 Å². The minimum atomic E-state index is 0.796. The van der Waals surface area contributed by atoms with Crippen LogP contribution in [0, 0.1) is 5.92 Å². The van der Waals surface area contributed by atoms with E-state index in [-0.39, 0.29) is 0 Å². The molecule has 0 aromatic carbocycles. The Kier molecular flexibility index (Phi) is 6.15. The molecule has 0 atom stereocenters. The van der Waals surface area contributed by atoms with Gasteiger partial charge in [0.1, 0.15) is 0 Å². The van der Waals surface area contributed by atoms with Crippen LogP contribution in [0.5, 0.6) is 0 Å². The molecule has 0 spiro atoms. The summed E-state index contributed by atoms with van der Waals surface area (Å²) in [6.07, 6.45) is 4.89. The number of rotatable bonds is 6. The zero-order chi connectivity index (χ0) is 9.36. The van der Waals surface area contributed by atoms with Gasteiger partial charge in [-0.1, -0.05) is 0 Å². The van der Waals surface area contributed by atoms with Crippen molar-refractivity contribution in [3.8, 4) is 0 Å². The van der Waals surface area contributed by atoms with E-state index in [0.29, 0.717) is 0 Å². The van der Waals surface area contributed by atoms with E-state index in [4.69, 9.17) is 10.5 Å². The third kappa shape index (κ3) is 5.24. The second kappa shape index (κ2) is 7.30. The van der Waals surface area contributed by atoms with Crippen molar-refractivity contribution < 1.29 is 4.74 Å². The molecule has 0 amide bonds. The summed E-state index contributed by atoms with van der Waals surface area (Å²) < 4.78 is 5.31. The molecule has 0 unspecified atom stereocenters. The van der Waals surface area contributed by atoms with Gasteiger partial charge in [-0.05, 0) is 51.2 Å². The fourth-order valence-electron chi connectivity index (χ4n) is 1.69. The van der Waals surface area contributed by atoms with Crippen LogP contribution in [0.4, 0.5) is 0 Å². The zero-order valence-corrected chi connectivity index (χ0v) is 8.43. The number of hydrogen-bond donors (Lipinski definition) is 2. The Hall–Kier alpha value is -0.120. The van der Waals surface area contributed by atoms with Crippen LogP contribution in [0.1, 0.15) is 25.7 Å². The van der Waals surface area contributed by atoms with Crippen molar-refractivity contribution in [2.75, 3.05) is 32.8 Å². The molecule has 1 heterocycles. The molecule has 1 saturated heterocycles. The van der Waals surface area contributed by atoms with Gasteiger partial charge >= 0.3 is 0 Å². The van der Waals surface area contributed by atoms with Crippen LogP contribution in [0.25, 0.3) is 0 Å². The van der Waals surface area contributed by atoms with E-state index in [1.165, 1.54) is 19.3 Å². The summed E-state index contributed by atoms with van der Waals surface area (Å²) in [5.74, 6) is 0.888. The van der Waals surface area contributed by atoms with E-state index in [9.17, 15) is 0 Å². The molecule has 1 aliphatic rings. The number of hydrogen-bond acceptors (Lipinski definition) is 3. The van der Waals surface area contributed by atoms with Crippen molar-refractivity contribution in [3.63, 3.8) is 0 Å². The van der Waals surface area contributed by atoms with E-state index in [0.717, 1.165) is 45.2 Å². The summed E-state index contributed by atoms with van der Waals surface area (Å²) in [5.41, 5.74) is 5.40. The number of nitrogens with one attached hydrogen (secondary N) is 1. The van der Waals surface area contributed by atoms with Crippen molar-refractivity contribution >= 4 is 0 Å². The highest BCUT2D eigenvalue weighted by molar-refractivity contribution is 4.64. The van der Waals surface area contributed by atoms with Gasteiger partial charge in [-0.15, -0.1) is 0 Å². The molecule has 3 nitrogen and oxygen atoms in total. The maximum absolute atomic E-state index is 5.40. The lowest BCUT2D eigenvalue weighted by molar-refractivity contribution is 0.0640. The molecular formula is C10H22N2O. The first-order chi connectivity index (χ1) is 6.43. The van der Waals surface area contributed by atoms with Crippen molar-refractivity contribution in [3.05, 3.63) is 0 Å². The molecule has 3 N–H and O–H groups in total. The second-order valence-electron chi connectivity index (χ2n) is 3.74. The second-order valence-corrected chi connectivity index (χ2v) is 3.74. The van der Waals surface area contributed by atoms with Gasteiger partial charge in [-0.25, -0.2) is 0 Å². The highest BCUT2D eigenvalue weighted by Gasteiger charge is 2.12. The summed E-state index contributed by atoms with van der Waals surface area (Å²) in [7, 11) is 0. The van der Waals surface area contributed by atoms with Crippen molar-refractivity contribution in [1.29, 1.82) is 0 Å². The van der Waals surface area contributed by atoms with Gasteiger partial charge in [0.2, 0.25) is 0 Å². The van der Waals surface area contributed by atoms with Gasteiger partial charge in [0.15, 0.2) is 0 Å². The van der Waals surface area contributed by atoms with Crippen molar-refractivity contribution in [2.45, 2.75) is 25.7 Å². The van der Waals surface area contributed by atoms with Gasteiger partial charge in [-0.2, -0.15) is 0 Å². The summed E-state index contributed by atoms with van der Waals surface area (Å²) in [5, 5.41) is 3.41. The van der Waals surface area contributed by atoms with E-state index in [1.54, 1.807) is 0 Å². The Morgan fingerprint density at radius 1 is 1.23 bits per heavy atom. The van der Waals surface area contributed by atoms with Crippen LogP contribution in [0.3, 0.4) is 0 Å². The SMILES string of the molecule is NCCCNCCC1CCOCC1. The fraction of sp³-hybridized carbons (Fsp3) is 1.00. The summed E-state index contributed by atoms with van der Waals surface area (Å²) in [6, 6.07) is 0. The minimum Gasteiger partial charge on any atom is -0.381 e. The lowest BCUT2D eigenvalue weighted by atomic mass is 9.97. The Morgan fingerprint density at radius 2 is 2.00 bits per heavy atom. The maximum Gasteiger partial charge on any atom is 0.0468 e. The Balaban J connectivity index is 1.86.